The molecule has 108 valence electrons. The van der Waals surface area contributed by atoms with Crippen molar-refractivity contribution >= 4 is 18.0 Å². The summed E-state index contributed by atoms with van der Waals surface area (Å²) in [5.41, 5.74) is 3.39. The molecule has 2 aromatic rings. The van der Waals surface area contributed by atoms with Gasteiger partial charge in [-0.2, -0.15) is 0 Å². The van der Waals surface area contributed by atoms with Gasteiger partial charge in [-0.1, -0.05) is 29.8 Å². The van der Waals surface area contributed by atoms with E-state index in [1.54, 1.807) is 0 Å². The lowest BCUT2D eigenvalue weighted by atomic mass is 9.63. The number of hydrogen-bond donors (Lipinski definition) is 0. The van der Waals surface area contributed by atoms with Crippen molar-refractivity contribution in [3.63, 3.8) is 0 Å². The largest absolute Gasteiger partial charge is 0.525 e. The van der Waals surface area contributed by atoms with Crippen LogP contribution in [0.3, 0.4) is 0 Å². The minimum Gasteiger partial charge on any atom is -0.504 e. The number of para-hydroxylation sites is 1. The molecule has 1 aromatic heterocycles. The van der Waals surface area contributed by atoms with E-state index in [0.717, 1.165) is 23.1 Å². The predicted molar refractivity (Wildman–Crippen MR) is 84.2 cm³/mol. The van der Waals surface area contributed by atoms with Crippen molar-refractivity contribution in [2.24, 2.45) is 0 Å². The molecule has 0 aliphatic carbocycles. The van der Waals surface area contributed by atoms with Gasteiger partial charge in [0.25, 0.3) is 0 Å². The van der Waals surface area contributed by atoms with Gasteiger partial charge in [-0.3, -0.25) is 4.98 Å². The van der Waals surface area contributed by atoms with E-state index >= 15 is 0 Å². The van der Waals surface area contributed by atoms with Gasteiger partial charge in [0.2, 0.25) is 0 Å². The standard InChI is InChI=1S/C16H19BN2O2/c1-14-7-8-18-16(13-14)17-19(9-11-20-17,10-12-21-17)15-5-3-2-4-6-15/h2-8,13H,9-12H2,1H3. The molecule has 3 heterocycles. The first-order valence-corrected chi connectivity index (χ1v) is 7.54. The lowest BCUT2D eigenvalue weighted by molar-refractivity contribution is 0.232. The van der Waals surface area contributed by atoms with Gasteiger partial charge in [-0.15, -0.1) is 0 Å². The first-order valence-electron chi connectivity index (χ1n) is 7.54. The van der Waals surface area contributed by atoms with Crippen LogP contribution < -0.4 is 9.99 Å². The number of fused-ring (bicyclic) bond motifs is 1. The quantitative estimate of drug-likeness (QED) is 0.784. The first-order chi connectivity index (χ1) is 10.3. The summed E-state index contributed by atoms with van der Waals surface area (Å²) in [5, 5.41) is 0. The van der Waals surface area contributed by atoms with Gasteiger partial charge in [-0.25, -0.2) is 0 Å². The fourth-order valence-electron chi connectivity index (χ4n) is 3.90. The molecule has 0 bridgehead atoms. The molecule has 2 saturated heterocycles. The van der Waals surface area contributed by atoms with Gasteiger partial charge in [0, 0.05) is 11.8 Å². The van der Waals surface area contributed by atoms with E-state index in [-0.39, 0.29) is 0 Å². The Morgan fingerprint density at radius 1 is 1.05 bits per heavy atom. The normalized spacial score (nSPS) is 31.3. The minimum atomic E-state index is -1.59. The molecule has 21 heavy (non-hydrogen) atoms. The van der Waals surface area contributed by atoms with E-state index in [9.17, 15) is 0 Å². The van der Waals surface area contributed by atoms with Gasteiger partial charge in [-0.05, 0) is 25.1 Å². The molecule has 0 atom stereocenters. The van der Waals surface area contributed by atoms with Crippen molar-refractivity contribution in [3.8, 4) is 0 Å². The molecule has 2 aliphatic heterocycles. The monoisotopic (exact) mass is 282 g/mol. The second kappa shape index (κ2) is 4.66. The molecule has 0 radical (unpaired) electrons. The van der Waals surface area contributed by atoms with Crippen molar-refractivity contribution in [2.45, 2.75) is 6.92 Å². The van der Waals surface area contributed by atoms with Crippen LogP contribution in [-0.4, -0.2) is 38.0 Å². The van der Waals surface area contributed by atoms with Crippen LogP contribution in [0.5, 0.6) is 0 Å². The molecular formula is C16H19BN2O2. The molecule has 0 saturated carbocycles. The second-order valence-corrected chi connectivity index (χ2v) is 5.99. The van der Waals surface area contributed by atoms with Gasteiger partial charge in [0.15, 0.2) is 0 Å². The van der Waals surface area contributed by atoms with Crippen molar-refractivity contribution in [1.29, 1.82) is 0 Å². The molecule has 0 spiro atoms. The van der Waals surface area contributed by atoms with E-state index in [1.165, 1.54) is 11.3 Å². The first kappa shape index (κ1) is 13.0. The van der Waals surface area contributed by atoms with Gasteiger partial charge >= 0.3 is 6.69 Å². The minimum absolute atomic E-state index is 0.713. The van der Waals surface area contributed by atoms with Crippen molar-refractivity contribution < 1.29 is 9.31 Å². The zero-order valence-corrected chi connectivity index (χ0v) is 12.2. The Balaban J connectivity index is 1.90. The van der Waals surface area contributed by atoms with Crippen molar-refractivity contribution in [1.82, 2.24) is 9.38 Å². The Labute approximate surface area is 124 Å². The number of hydrogen-bond acceptors (Lipinski definition) is 3. The molecular weight excluding hydrogens is 263 g/mol. The number of pyridine rings is 1. The molecule has 1 aromatic carbocycles. The third-order valence-electron chi connectivity index (χ3n) is 4.90. The molecule has 0 unspecified atom stereocenters. The SMILES string of the molecule is Cc1ccnc([B-]23OCC[N+]2(c2ccccc2)CCO3)c1. The second-order valence-electron chi connectivity index (χ2n) is 5.99. The Kier molecular flexibility index (Phi) is 2.89. The average Bonchev–Trinajstić information content (AvgIpc) is 3.05. The third kappa shape index (κ3) is 1.72. The summed E-state index contributed by atoms with van der Waals surface area (Å²) in [4.78, 5) is 4.59. The van der Waals surface area contributed by atoms with Crippen LogP contribution in [0, 0.1) is 6.92 Å². The van der Waals surface area contributed by atoms with Crippen LogP contribution in [0.2, 0.25) is 0 Å². The molecule has 2 aliphatic rings. The zero-order valence-electron chi connectivity index (χ0n) is 12.2. The highest BCUT2D eigenvalue weighted by atomic mass is 16.6. The summed E-state index contributed by atoms with van der Waals surface area (Å²) in [6, 6.07) is 14.7. The number of benzene rings is 1. The fraction of sp³-hybridized carbons (Fsp3) is 0.312. The van der Waals surface area contributed by atoms with Crippen LogP contribution in [0.4, 0.5) is 5.69 Å². The van der Waals surface area contributed by atoms with E-state index < -0.39 is 6.69 Å². The highest BCUT2D eigenvalue weighted by Gasteiger charge is 2.61. The van der Waals surface area contributed by atoms with Crippen LogP contribution >= 0.6 is 0 Å². The van der Waals surface area contributed by atoms with E-state index in [2.05, 4.69) is 48.3 Å². The number of aryl methyl sites for hydroxylation is 1. The highest BCUT2D eigenvalue weighted by Crippen LogP contribution is 2.39. The number of quaternary nitrogens is 1. The topological polar surface area (TPSA) is 31.4 Å². The molecule has 2 fully saturated rings. The smallest absolute Gasteiger partial charge is 0.504 e. The Morgan fingerprint density at radius 3 is 2.43 bits per heavy atom. The number of nitrogens with zero attached hydrogens (tertiary/aromatic N) is 2. The number of aromatic nitrogens is 1. The molecule has 4 rings (SSSR count). The van der Waals surface area contributed by atoms with E-state index in [0.29, 0.717) is 13.2 Å². The Bertz CT molecular complexity index is 652. The fourth-order valence-corrected chi connectivity index (χ4v) is 3.90. The predicted octanol–water partition coefficient (Wildman–Crippen LogP) is 1.60. The summed E-state index contributed by atoms with van der Waals surface area (Å²) in [6.45, 7) is 3.81. The Hall–Kier alpha value is -1.69. The van der Waals surface area contributed by atoms with Crippen molar-refractivity contribution in [3.05, 3.63) is 54.2 Å². The summed E-state index contributed by atoms with van der Waals surface area (Å²) >= 11 is 0. The zero-order chi connectivity index (χ0) is 14.3. The summed E-state index contributed by atoms with van der Waals surface area (Å²) < 4.78 is 13.2. The van der Waals surface area contributed by atoms with Gasteiger partial charge in [0.05, 0.1) is 32.0 Å². The van der Waals surface area contributed by atoms with Crippen LogP contribution in [-0.2, 0) is 9.31 Å². The average molecular weight is 282 g/mol. The molecule has 4 nitrogen and oxygen atoms in total. The molecule has 5 heteroatoms. The lowest BCUT2D eigenvalue weighted by Gasteiger charge is -2.46. The summed E-state index contributed by atoms with van der Waals surface area (Å²) in [6.07, 6.45) is 1.85. The van der Waals surface area contributed by atoms with Gasteiger partial charge in [0.1, 0.15) is 0 Å². The van der Waals surface area contributed by atoms with Crippen LogP contribution in [0.15, 0.2) is 48.7 Å². The summed E-state index contributed by atoms with van der Waals surface area (Å²) in [7, 11) is 0. The van der Waals surface area contributed by atoms with Crippen molar-refractivity contribution in [2.75, 3.05) is 26.3 Å². The maximum Gasteiger partial charge on any atom is 0.525 e. The van der Waals surface area contributed by atoms with Gasteiger partial charge < -0.3 is 13.7 Å². The van der Waals surface area contributed by atoms with E-state index in [1.807, 2.05) is 12.3 Å². The summed E-state index contributed by atoms with van der Waals surface area (Å²) in [5.74, 6) is 0. The maximum absolute atomic E-state index is 6.21. The lowest BCUT2D eigenvalue weighted by Crippen LogP contribution is -2.71. The highest BCUT2D eigenvalue weighted by molar-refractivity contribution is 6.82. The van der Waals surface area contributed by atoms with Crippen LogP contribution in [0.1, 0.15) is 5.56 Å². The Morgan fingerprint density at radius 2 is 1.76 bits per heavy atom. The number of rotatable bonds is 2. The molecule has 0 amide bonds. The van der Waals surface area contributed by atoms with Crippen LogP contribution in [0.25, 0.3) is 0 Å². The third-order valence-corrected chi connectivity index (χ3v) is 4.90. The van der Waals surface area contributed by atoms with E-state index in [4.69, 9.17) is 9.31 Å². The maximum atomic E-state index is 6.21. The molecule has 0 N–H and O–H groups in total.